The molecule has 5 heteroatoms. The number of fused-ring (bicyclic) bond motifs is 1. The van der Waals surface area contributed by atoms with E-state index < -0.39 is 5.91 Å². The number of benzene rings is 1. The maximum Gasteiger partial charge on any atom is 0.280 e. The number of thioether (sulfide) groups is 1. The van der Waals surface area contributed by atoms with Crippen LogP contribution in [0.25, 0.3) is 0 Å². The van der Waals surface area contributed by atoms with Crippen molar-refractivity contribution in [1.29, 1.82) is 0 Å². The topological polar surface area (TPSA) is 81.5 Å². The third-order valence-corrected chi connectivity index (χ3v) is 3.77. The Kier molecular flexibility index (Phi) is 3.43. The first kappa shape index (κ1) is 12.7. The fraction of sp³-hybridized carbons (Fsp3) is 0.231. The Morgan fingerprint density at radius 1 is 1.39 bits per heavy atom. The first-order valence-corrected chi connectivity index (χ1v) is 6.49. The van der Waals surface area contributed by atoms with Gasteiger partial charge in [0.25, 0.3) is 5.91 Å². The highest BCUT2D eigenvalue weighted by molar-refractivity contribution is 8.02. The molecule has 0 aliphatic carbocycles. The lowest BCUT2D eigenvalue weighted by atomic mass is 9.96. The summed E-state index contributed by atoms with van der Waals surface area (Å²) in [6.45, 7) is 4.03. The van der Waals surface area contributed by atoms with E-state index >= 15 is 0 Å². The summed E-state index contributed by atoms with van der Waals surface area (Å²) in [6, 6.07) is 3.90. The van der Waals surface area contributed by atoms with Gasteiger partial charge in [0.15, 0.2) is 5.96 Å². The summed E-state index contributed by atoms with van der Waals surface area (Å²) >= 11 is 1.61. The first-order chi connectivity index (χ1) is 8.49. The number of hydrogen-bond donors (Lipinski definition) is 2. The highest BCUT2D eigenvalue weighted by atomic mass is 32.2. The smallest absolute Gasteiger partial charge is 0.280 e. The van der Waals surface area contributed by atoms with Crippen molar-refractivity contribution in [3.8, 4) is 0 Å². The van der Waals surface area contributed by atoms with Crippen LogP contribution in [0.1, 0.15) is 34.3 Å². The molecule has 1 aromatic carbocycles. The molecule has 0 aromatic heterocycles. The minimum Gasteiger partial charge on any atom is -0.370 e. The molecule has 0 spiro atoms. The van der Waals surface area contributed by atoms with E-state index in [1.165, 1.54) is 5.56 Å². The molecule has 0 saturated carbocycles. The van der Waals surface area contributed by atoms with Gasteiger partial charge in [0.2, 0.25) is 0 Å². The SMILES string of the molecule is Cc1cc2c(cc1C(=O)N=C(N)N)SC=CC2C. The van der Waals surface area contributed by atoms with Crippen molar-refractivity contribution in [1.82, 2.24) is 0 Å². The van der Waals surface area contributed by atoms with Crippen LogP contribution in [0.2, 0.25) is 0 Å². The number of hydrogen-bond acceptors (Lipinski definition) is 2. The number of aliphatic imine (C=N–C) groups is 1. The predicted octanol–water partition coefficient (Wildman–Crippen LogP) is 2.13. The van der Waals surface area contributed by atoms with Crippen molar-refractivity contribution in [2.24, 2.45) is 16.5 Å². The third kappa shape index (κ3) is 2.41. The van der Waals surface area contributed by atoms with Crippen molar-refractivity contribution in [2.75, 3.05) is 0 Å². The molecule has 0 fully saturated rings. The second kappa shape index (κ2) is 4.86. The largest absolute Gasteiger partial charge is 0.370 e. The lowest BCUT2D eigenvalue weighted by molar-refractivity contribution is 0.100. The minimum absolute atomic E-state index is 0.210. The summed E-state index contributed by atoms with van der Waals surface area (Å²) in [5.74, 6) is -0.233. The van der Waals surface area contributed by atoms with E-state index in [4.69, 9.17) is 11.5 Å². The molecule has 0 radical (unpaired) electrons. The van der Waals surface area contributed by atoms with Crippen molar-refractivity contribution in [3.05, 3.63) is 40.3 Å². The second-order valence-electron chi connectivity index (χ2n) is 4.28. The highest BCUT2D eigenvalue weighted by Gasteiger charge is 2.17. The zero-order valence-electron chi connectivity index (χ0n) is 10.3. The van der Waals surface area contributed by atoms with Gasteiger partial charge in [0.05, 0.1) is 0 Å². The number of guanidine groups is 1. The van der Waals surface area contributed by atoms with Gasteiger partial charge < -0.3 is 11.5 Å². The van der Waals surface area contributed by atoms with Crippen molar-refractivity contribution < 1.29 is 4.79 Å². The number of rotatable bonds is 1. The molecule has 1 amide bonds. The number of nitrogens with zero attached hydrogens (tertiary/aromatic N) is 1. The molecule has 0 bridgehead atoms. The zero-order valence-corrected chi connectivity index (χ0v) is 11.1. The van der Waals surface area contributed by atoms with Gasteiger partial charge in [-0.25, -0.2) is 0 Å². The summed E-state index contributed by atoms with van der Waals surface area (Å²) in [6.07, 6.45) is 2.14. The first-order valence-electron chi connectivity index (χ1n) is 5.61. The Hall–Kier alpha value is -1.75. The van der Waals surface area contributed by atoms with E-state index in [1.54, 1.807) is 11.8 Å². The molecular formula is C13H15N3OS. The zero-order chi connectivity index (χ0) is 13.3. The van der Waals surface area contributed by atoms with Crippen LogP contribution >= 0.6 is 11.8 Å². The minimum atomic E-state index is -0.391. The summed E-state index contributed by atoms with van der Waals surface area (Å²) in [4.78, 5) is 16.5. The van der Waals surface area contributed by atoms with Crippen LogP contribution in [0.3, 0.4) is 0 Å². The molecule has 1 aliphatic heterocycles. The molecule has 94 valence electrons. The molecular weight excluding hydrogens is 246 g/mol. The van der Waals surface area contributed by atoms with E-state index in [-0.39, 0.29) is 5.96 Å². The second-order valence-corrected chi connectivity index (χ2v) is 5.23. The highest BCUT2D eigenvalue weighted by Crippen LogP contribution is 2.37. The van der Waals surface area contributed by atoms with Gasteiger partial charge >= 0.3 is 0 Å². The van der Waals surface area contributed by atoms with Gasteiger partial charge in [-0.2, -0.15) is 4.99 Å². The number of carbonyl (C=O) groups excluding carboxylic acids is 1. The lowest BCUT2D eigenvalue weighted by Gasteiger charge is -2.18. The average Bonchev–Trinajstić information content (AvgIpc) is 2.28. The molecule has 1 heterocycles. The Labute approximate surface area is 110 Å². The van der Waals surface area contributed by atoms with E-state index in [2.05, 4.69) is 18.0 Å². The van der Waals surface area contributed by atoms with Crippen LogP contribution in [0.4, 0.5) is 0 Å². The maximum absolute atomic E-state index is 11.9. The molecule has 4 nitrogen and oxygen atoms in total. The van der Waals surface area contributed by atoms with E-state index in [0.717, 1.165) is 10.5 Å². The Morgan fingerprint density at radius 3 is 2.78 bits per heavy atom. The van der Waals surface area contributed by atoms with Gasteiger partial charge in [-0.1, -0.05) is 30.8 Å². The molecule has 1 aromatic rings. The monoisotopic (exact) mass is 261 g/mol. The van der Waals surface area contributed by atoms with Crippen LogP contribution in [0.15, 0.2) is 33.5 Å². The average molecular weight is 261 g/mol. The van der Waals surface area contributed by atoms with Gasteiger partial charge in [-0.3, -0.25) is 4.79 Å². The molecule has 1 unspecified atom stereocenters. The predicted molar refractivity (Wildman–Crippen MR) is 74.7 cm³/mol. The van der Waals surface area contributed by atoms with Crippen molar-refractivity contribution in [3.63, 3.8) is 0 Å². The van der Waals surface area contributed by atoms with Crippen LogP contribution < -0.4 is 11.5 Å². The standard InChI is InChI=1S/C13H15N3OS/c1-7-3-4-18-11-6-10(8(2)5-9(7)11)12(17)16-13(14)15/h3-7H,1-2H3,(H4,14,15,16,17). The molecule has 4 N–H and O–H groups in total. The molecule has 1 aliphatic rings. The van der Waals surface area contributed by atoms with Crippen LogP contribution in [-0.4, -0.2) is 11.9 Å². The van der Waals surface area contributed by atoms with Gasteiger partial charge in [-0.15, -0.1) is 0 Å². The number of amides is 1. The summed E-state index contributed by atoms with van der Waals surface area (Å²) in [7, 11) is 0. The Morgan fingerprint density at radius 2 is 2.11 bits per heavy atom. The Balaban J connectivity index is 2.47. The van der Waals surface area contributed by atoms with Gasteiger partial charge in [0.1, 0.15) is 0 Å². The fourth-order valence-corrected chi connectivity index (χ4v) is 2.94. The lowest BCUT2D eigenvalue weighted by Crippen LogP contribution is -2.24. The number of nitrogens with two attached hydrogens (primary N) is 2. The van der Waals surface area contributed by atoms with Gasteiger partial charge in [0, 0.05) is 16.4 Å². The van der Waals surface area contributed by atoms with Gasteiger partial charge in [-0.05, 0) is 29.5 Å². The number of aryl methyl sites for hydroxylation is 1. The van der Waals surface area contributed by atoms with Crippen molar-refractivity contribution in [2.45, 2.75) is 24.7 Å². The van der Waals surface area contributed by atoms with Crippen LogP contribution in [0, 0.1) is 6.92 Å². The quantitative estimate of drug-likeness (QED) is 0.599. The summed E-state index contributed by atoms with van der Waals surface area (Å²) in [5, 5.41) is 2.04. The third-order valence-electron chi connectivity index (χ3n) is 2.87. The normalized spacial score (nSPS) is 17.1. The maximum atomic E-state index is 11.9. The van der Waals surface area contributed by atoms with Crippen molar-refractivity contribution >= 4 is 23.6 Å². The fourth-order valence-electron chi connectivity index (χ4n) is 1.91. The van der Waals surface area contributed by atoms with Crippen LogP contribution in [-0.2, 0) is 0 Å². The number of allylic oxidation sites excluding steroid dienone is 1. The summed E-state index contributed by atoms with van der Waals surface area (Å²) in [5.41, 5.74) is 13.1. The molecule has 18 heavy (non-hydrogen) atoms. The van der Waals surface area contributed by atoms with E-state index in [9.17, 15) is 4.79 Å². The van der Waals surface area contributed by atoms with Crippen LogP contribution in [0.5, 0.6) is 0 Å². The van der Waals surface area contributed by atoms with E-state index in [1.807, 2.05) is 24.5 Å². The molecule has 1 atom stereocenters. The Bertz CT molecular complexity index is 560. The van der Waals surface area contributed by atoms with E-state index in [0.29, 0.717) is 11.5 Å². The molecule has 0 saturated heterocycles. The summed E-state index contributed by atoms with van der Waals surface area (Å²) < 4.78 is 0. The molecule has 2 rings (SSSR count). The number of carbonyl (C=O) groups is 1.